The molecule has 1 amide bonds. The van der Waals surface area contributed by atoms with Gasteiger partial charge in [0.1, 0.15) is 0 Å². The third-order valence-corrected chi connectivity index (χ3v) is 3.03. The van der Waals surface area contributed by atoms with Gasteiger partial charge in [-0.3, -0.25) is 9.69 Å². The first-order valence-electron chi connectivity index (χ1n) is 6.56. The van der Waals surface area contributed by atoms with Crippen LogP contribution in [0.5, 0.6) is 0 Å². The first kappa shape index (κ1) is 13.8. The predicted octanol–water partition coefficient (Wildman–Crippen LogP) is 1.32. The highest BCUT2D eigenvalue weighted by atomic mass is 16.5. The fraction of sp³-hybridized carbons (Fsp3) is 0.500. The molecule has 2 atom stereocenters. The summed E-state index contributed by atoms with van der Waals surface area (Å²) >= 11 is 0. The van der Waals surface area contributed by atoms with E-state index in [4.69, 9.17) is 10.5 Å². The predicted molar refractivity (Wildman–Crippen MR) is 75.9 cm³/mol. The molecule has 1 aromatic carbocycles. The van der Waals surface area contributed by atoms with Crippen molar-refractivity contribution >= 4 is 17.3 Å². The van der Waals surface area contributed by atoms with Crippen LogP contribution in [0.4, 0.5) is 11.4 Å². The normalized spacial score (nSPS) is 24.1. The molecule has 5 nitrogen and oxygen atoms in total. The number of ether oxygens (including phenoxy) is 1. The van der Waals surface area contributed by atoms with Crippen molar-refractivity contribution in [2.45, 2.75) is 26.1 Å². The Morgan fingerprint density at radius 3 is 2.74 bits per heavy atom. The monoisotopic (exact) mass is 263 g/mol. The summed E-state index contributed by atoms with van der Waals surface area (Å²) in [6, 6.07) is 7.20. The minimum absolute atomic E-state index is 0.0214. The van der Waals surface area contributed by atoms with Crippen LogP contribution in [0.2, 0.25) is 0 Å². The highest BCUT2D eigenvalue weighted by molar-refractivity contribution is 5.92. The molecular formula is C14H21N3O2. The highest BCUT2D eigenvalue weighted by Crippen LogP contribution is 2.13. The molecule has 0 aromatic heterocycles. The van der Waals surface area contributed by atoms with Gasteiger partial charge in [-0.15, -0.1) is 0 Å². The average molecular weight is 263 g/mol. The lowest BCUT2D eigenvalue weighted by Crippen LogP contribution is -2.48. The first-order chi connectivity index (χ1) is 9.02. The standard InChI is InChI=1S/C14H21N3O2/c1-10-7-17(8-11(2)19-10)9-14(18)16-13-5-3-4-12(15)6-13/h3-6,10-11H,7-9,15H2,1-2H3,(H,16,18)/t10-,11-/m0/s1. The van der Waals surface area contributed by atoms with Crippen LogP contribution in [0.1, 0.15) is 13.8 Å². The summed E-state index contributed by atoms with van der Waals surface area (Å²) in [7, 11) is 0. The molecule has 104 valence electrons. The smallest absolute Gasteiger partial charge is 0.238 e. The maximum atomic E-state index is 12.0. The Bertz CT molecular complexity index is 440. The van der Waals surface area contributed by atoms with Gasteiger partial charge in [0.2, 0.25) is 5.91 Å². The first-order valence-corrected chi connectivity index (χ1v) is 6.56. The summed E-state index contributed by atoms with van der Waals surface area (Å²) in [5.41, 5.74) is 7.06. The second-order valence-electron chi connectivity index (χ2n) is 5.13. The zero-order chi connectivity index (χ0) is 13.8. The molecule has 0 aliphatic carbocycles. The van der Waals surface area contributed by atoms with E-state index in [0.29, 0.717) is 12.2 Å². The third-order valence-electron chi connectivity index (χ3n) is 3.03. The number of hydrogen-bond donors (Lipinski definition) is 2. The number of nitrogens with two attached hydrogens (primary N) is 1. The van der Waals surface area contributed by atoms with Crippen molar-refractivity contribution in [2.24, 2.45) is 0 Å². The summed E-state index contributed by atoms with van der Waals surface area (Å²) in [6.07, 6.45) is 0.341. The van der Waals surface area contributed by atoms with Crippen molar-refractivity contribution in [2.75, 3.05) is 30.7 Å². The second-order valence-corrected chi connectivity index (χ2v) is 5.13. The summed E-state index contributed by atoms with van der Waals surface area (Å²) in [5.74, 6) is -0.0214. The molecular weight excluding hydrogens is 242 g/mol. The van der Waals surface area contributed by atoms with Crippen molar-refractivity contribution in [3.8, 4) is 0 Å². The van der Waals surface area contributed by atoms with Crippen LogP contribution in [-0.4, -0.2) is 42.6 Å². The van der Waals surface area contributed by atoms with E-state index in [0.717, 1.165) is 18.8 Å². The maximum Gasteiger partial charge on any atom is 0.238 e. The number of rotatable bonds is 3. The van der Waals surface area contributed by atoms with Crippen molar-refractivity contribution < 1.29 is 9.53 Å². The van der Waals surface area contributed by atoms with E-state index in [1.807, 2.05) is 26.0 Å². The van der Waals surface area contributed by atoms with Gasteiger partial charge in [-0.2, -0.15) is 0 Å². The minimum Gasteiger partial charge on any atom is -0.399 e. The molecule has 1 fully saturated rings. The molecule has 1 aliphatic heterocycles. The molecule has 1 aromatic rings. The molecule has 0 radical (unpaired) electrons. The number of anilines is 2. The number of carbonyl (C=O) groups excluding carboxylic acids is 1. The molecule has 1 heterocycles. The molecule has 1 aliphatic rings. The summed E-state index contributed by atoms with van der Waals surface area (Å²) in [4.78, 5) is 14.1. The Morgan fingerprint density at radius 2 is 2.11 bits per heavy atom. The molecule has 0 unspecified atom stereocenters. The van der Waals surface area contributed by atoms with E-state index >= 15 is 0 Å². The van der Waals surface area contributed by atoms with E-state index in [1.54, 1.807) is 12.1 Å². The molecule has 2 rings (SSSR count). The molecule has 0 spiro atoms. The van der Waals surface area contributed by atoms with Crippen LogP contribution in [0.3, 0.4) is 0 Å². The van der Waals surface area contributed by atoms with Crippen molar-refractivity contribution in [1.82, 2.24) is 4.90 Å². The number of hydrogen-bond acceptors (Lipinski definition) is 4. The summed E-state index contributed by atoms with van der Waals surface area (Å²) in [6.45, 7) is 6.01. The highest BCUT2D eigenvalue weighted by Gasteiger charge is 2.23. The van der Waals surface area contributed by atoms with Gasteiger partial charge in [0.05, 0.1) is 18.8 Å². The maximum absolute atomic E-state index is 12.0. The van der Waals surface area contributed by atoms with Gasteiger partial charge >= 0.3 is 0 Å². The lowest BCUT2D eigenvalue weighted by atomic mass is 10.2. The van der Waals surface area contributed by atoms with E-state index in [2.05, 4.69) is 10.2 Å². The quantitative estimate of drug-likeness (QED) is 0.807. The van der Waals surface area contributed by atoms with Crippen molar-refractivity contribution in [3.63, 3.8) is 0 Å². The molecule has 19 heavy (non-hydrogen) atoms. The Balaban J connectivity index is 1.87. The SMILES string of the molecule is C[C@H]1CN(CC(=O)Nc2cccc(N)c2)C[C@H](C)O1. The van der Waals surface area contributed by atoms with E-state index < -0.39 is 0 Å². The van der Waals surface area contributed by atoms with Crippen molar-refractivity contribution in [3.05, 3.63) is 24.3 Å². The number of morpholine rings is 1. The summed E-state index contributed by atoms with van der Waals surface area (Å²) < 4.78 is 5.64. The Labute approximate surface area is 113 Å². The van der Waals surface area contributed by atoms with Crippen LogP contribution in [0, 0.1) is 0 Å². The minimum atomic E-state index is -0.0214. The number of nitrogens with one attached hydrogen (secondary N) is 1. The lowest BCUT2D eigenvalue weighted by Gasteiger charge is -2.34. The van der Waals surface area contributed by atoms with Crippen LogP contribution < -0.4 is 11.1 Å². The molecule has 0 bridgehead atoms. The Kier molecular flexibility index (Phi) is 4.39. The van der Waals surface area contributed by atoms with Crippen molar-refractivity contribution in [1.29, 1.82) is 0 Å². The summed E-state index contributed by atoms with van der Waals surface area (Å²) in [5, 5.41) is 2.86. The zero-order valence-corrected chi connectivity index (χ0v) is 11.4. The van der Waals surface area contributed by atoms with Crippen LogP contribution in [0.15, 0.2) is 24.3 Å². The van der Waals surface area contributed by atoms with E-state index in [1.165, 1.54) is 0 Å². The van der Waals surface area contributed by atoms with Gasteiger partial charge in [-0.25, -0.2) is 0 Å². The fourth-order valence-corrected chi connectivity index (χ4v) is 2.43. The number of nitrogens with zero attached hydrogens (tertiary/aromatic N) is 1. The van der Waals surface area contributed by atoms with Gasteiger partial charge in [0.25, 0.3) is 0 Å². The van der Waals surface area contributed by atoms with Gasteiger partial charge in [-0.1, -0.05) is 6.07 Å². The zero-order valence-electron chi connectivity index (χ0n) is 11.4. The molecule has 1 saturated heterocycles. The molecule has 5 heteroatoms. The Hall–Kier alpha value is -1.59. The molecule has 0 saturated carbocycles. The van der Waals surface area contributed by atoms with Crippen LogP contribution >= 0.6 is 0 Å². The van der Waals surface area contributed by atoms with Gasteiger partial charge in [0, 0.05) is 24.5 Å². The Morgan fingerprint density at radius 1 is 1.42 bits per heavy atom. The van der Waals surface area contributed by atoms with Gasteiger partial charge < -0.3 is 15.8 Å². The van der Waals surface area contributed by atoms with E-state index in [-0.39, 0.29) is 18.1 Å². The number of amides is 1. The number of carbonyl (C=O) groups is 1. The third kappa shape index (κ3) is 4.22. The fourth-order valence-electron chi connectivity index (χ4n) is 2.43. The van der Waals surface area contributed by atoms with Gasteiger partial charge in [0.15, 0.2) is 0 Å². The number of nitrogen functional groups attached to an aromatic ring is 1. The average Bonchev–Trinajstić information content (AvgIpc) is 2.26. The molecule has 3 N–H and O–H groups in total. The van der Waals surface area contributed by atoms with Gasteiger partial charge in [-0.05, 0) is 32.0 Å². The lowest BCUT2D eigenvalue weighted by molar-refractivity contribution is -0.121. The number of benzene rings is 1. The van der Waals surface area contributed by atoms with E-state index in [9.17, 15) is 4.79 Å². The topological polar surface area (TPSA) is 67.6 Å². The van der Waals surface area contributed by atoms with Crippen LogP contribution in [0.25, 0.3) is 0 Å². The second kappa shape index (κ2) is 6.04. The largest absolute Gasteiger partial charge is 0.399 e. The van der Waals surface area contributed by atoms with Crippen LogP contribution in [-0.2, 0) is 9.53 Å².